The van der Waals surface area contributed by atoms with Gasteiger partial charge in [-0.1, -0.05) is 12.1 Å². The van der Waals surface area contributed by atoms with E-state index in [-0.39, 0.29) is 12.0 Å². The van der Waals surface area contributed by atoms with Gasteiger partial charge in [0.1, 0.15) is 11.9 Å². The van der Waals surface area contributed by atoms with E-state index >= 15 is 0 Å². The summed E-state index contributed by atoms with van der Waals surface area (Å²) < 4.78 is 5.41. The van der Waals surface area contributed by atoms with Crippen LogP contribution in [-0.4, -0.2) is 42.7 Å². The predicted molar refractivity (Wildman–Crippen MR) is 97.7 cm³/mol. The minimum atomic E-state index is -0.330. The van der Waals surface area contributed by atoms with E-state index in [0.29, 0.717) is 19.1 Å². The Kier molecular flexibility index (Phi) is 5.45. The lowest BCUT2D eigenvalue weighted by molar-refractivity contribution is -0.124. The van der Waals surface area contributed by atoms with Gasteiger partial charge in [0.05, 0.1) is 0 Å². The predicted octanol–water partition coefficient (Wildman–Crippen LogP) is 2.27. The van der Waals surface area contributed by atoms with Crippen LogP contribution in [0.2, 0.25) is 0 Å². The summed E-state index contributed by atoms with van der Waals surface area (Å²) in [5.41, 5.74) is 1.80. The molecule has 2 N–H and O–H groups in total. The molecule has 2 aromatic rings. The first-order valence-corrected chi connectivity index (χ1v) is 8.37. The molecule has 0 spiro atoms. The second kappa shape index (κ2) is 7.94. The van der Waals surface area contributed by atoms with E-state index in [4.69, 9.17) is 4.74 Å². The van der Waals surface area contributed by atoms with E-state index in [1.165, 1.54) is 0 Å². The fourth-order valence-electron chi connectivity index (χ4n) is 2.63. The summed E-state index contributed by atoms with van der Waals surface area (Å²) in [6.07, 6.45) is 3.12. The smallest absolute Gasteiger partial charge is 0.253 e. The Morgan fingerprint density at radius 2 is 2.24 bits per heavy atom. The lowest BCUT2D eigenvalue weighted by atomic mass is 10.2. The molecule has 1 aliphatic heterocycles. The van der Waals surface area contributed by atoms with Crippen molar-refractivity contribution in [3.8, 4) is 0 Å². The Labute approximate surface area is 147 Å². The third-order valence-corrected chi connectivity index (χ3v) is 3.97. The zero-order chi connectivity index (χ0) is 17.6. The third-order valence-electron chi connectivity index (χ3n) is 3.97. The lowest BCUT2D eigenvalue weighted by Gasteiger charge is -2.13. The van der Waals surface area contributed by atoms with Crippen molar-refractivity contribution in [3.63, 3.8) is 0 Å². The Morgan fingerprint density at radius 1 is 1.36 bits per heavy atom. The molecule has 2 heterocycles. The van der Waals surface area contributed by atoms with Gasteiger partial charge < -0.3 is 20.3 Å². The van der Waals surface area contributed by atoms with Crippen LogP contribution in [-0.2, 0) is 16.1 Å². The summed E-state index contributed by atoms with van der Waals surface area (Å²) in [5, 5.41) is 6.12. The van der Waals surface area contributed by atoms with Crippen LogP contribution in [0, 0.1) is 0 Å². The number of nitrogens with zero attached hydrogens (tertiary/aromatic N) is 3. The van der Waals surface area contributed by atoms with Crippen molar-refractivity contribution in [2.45, 2.75) is 25.5 Å². The first-order chi connectivity index (χ1) is 12.1. The van der Waals surface area contributed by atoms with Crippen LogP contribution >= 0.6 is 0 Å². The van der Waals surface area contributed by atoms with E-state index in [1.807, 2.05) is 49.3 Å². The third kappa shape index (κ3) is 4.67. The van der Waals surface area contributed by atoms with Crippen LogP contribution in [0.1, 0.15) is 18.4 Å². The zero-order valence-corrected chi connectivity index (χ0v) is 14.5. The number of benzene rings is 1. The van der Waals surface area contributed by atoms with Gasteiger partial charge in [-0.05, 0) is 36.6 Å². The standard InChI is InChI=1S/C18H23N5O2/c1-23(2)16-8-9-19-18(22-16)20-12-13-5-3-6-14(11-13)21-17(24)15-7-4-10-25-15/h3,5-6,8-9,11,15H,4,7,10,12H2,1-2H3,(H,21,24)(H,19,20,22)/t15-/m0/s1. The van der Waals surface area contributed by atoms with Gasteiger partial charge in [0, 0.05) is 39.1 Å². The van der Waals surface area contributed by atoms with Gasteiger partial charge >= 0.3 is 0 Å². The van der Waals surface area contributed by atoms with Crippen molar-refractivity contribution >= 4 is 23.4 Å². The summed E-state index contributed by atoms with van der Waals surface area (Å²) in [7, 11) is 3.87. The van der Waals surface area contributed by atoms with E-state index in [1.54, 1.807) is 6.20 Å². The van der Waals surface area contributed by atoms with Crippen molar-refractivity contribution in [1.29, 1.82) is 0 Å². The van der Waals surface area contributed by atoms with Gasteiger partial charge in [0.2, 0.25) is 5.95 Å². The molecule has 0 bridgehead atoms. The second-order valence-corrected chi connectivity index (χ2v) is 6.18. The molecule has 1 aliphatic rings. The zero-order valence-electron chi connectivity index (χ0n) is 14.5. The number of amides is 1. The van der Waals surface area contributed by atoms with Crippen LogP contribution in [0.15, 0.2) is 36.5 Å². The molecule has 132 valence electrons. The van der Waals surface area contributed by atoms with E-state index in [9.17, 15) is 4.79 Å². The van der Waals surface area contributed by atoms with Crippen LogP contribution < -0.4 is 15.5 Å². The number of hydrogen-bond donors (Lipinski definition) is 2. The molecule has 1 atom stereocenters. The molecule has 0 saturated carbocycles. The van der Waals surface area contributed by atoms with Crippen molar-refractivity contribution in [1.82, 2.24) is 9.97 Å². The summed E-state index contributed by atoms with van der Waals surface area (Å²) in [6.45, 7) is 1.23. The van der Waals surface area contributed by atoms with Gasteiger partial charge in [0.25, 0.3) is 5.91 Å². The fraction of sp³-hybridized carbons (Fsp3) is 0.389. The quantitative estimate of drug-likeness (QED) is 0.839. The highest BCUT2D eigenvalue weighted by Gasteiger charge is 2.23. The van der Waals surface area contributed by atoms with Crippen LogP contribution in [0.3, 0.4) is 0 Å². The average Bonchev–Trinajstić information content (AvgIpc) is 3.15. The van der Waals surface area contributed by atoms with Crippen LogP contribution in [0.25, 0.3) is 0 Å². The summed E-state index contributed by atoms with van der Waals surface area (Å²) in [5.74, 6) is 1.33. The number of ether oxygens (including phenoxy) is 1. The SMILES string of the molecule is CN(C)c1ccnc(NCc2cccc(NC(=O)[C@@H]3CCCO3)c2)n1. The van der Waals surface area contributed by atoms with E-state index < -0.39 is 0 Å². The number of aromatic nitrogens is 2. The van der Waals surface area contributed by atoms with Crippen molar-refractivity contribution in [2.75, 3.05) is 36.2 Å². The molecule has 1 aromatic carbocycles. The molecule has 0 aliphatic carbocycles. The first-order valence-electron chi connectivity index (χ1n) is 8.37. The number of nitrogens with one attached hydrogen (secondary N) is 2. The monoisotopic (exact) mass is 341 g/mol. The molecule has 1 saturated heterocycles. The summed E-state index contributed by atoms with van der Waals surface area (Å²) >= 11 is 0. The molecule has 1 aromatic heterocycles. The highest BCUT2D eigenvalue weighted by Crippen LogP contribution is 2.17. The summed E-state index contributed by atoms with van der Waals surface area (Å²) in [4.78, 5) is 22.7. The molecule has 7 nitrogen and oxygen atoms in total. The van der Waals surface area contributed by atoms with Gasteiger partial charge in [-0.15, -0.1) is 0 Å². The van der Waals surface area contributed by atoms with Gasteiger partial charge in [-0.2, -0.15) is 4.98 Å². The maximum Gasteiger partial charge on any atom is 0.253 e. The van der Waals surface area contributed by atoms with Crippen molar-refractivity contribution in [2.24, 2.45) is 0 Å². The molecule has 0 radical (unpaired) electrons. The first kappa shape index (κ1) is 17.2. The van der Waals surface area contributed by atoms with Crippen LogP contribution in [0.4, 0.5) is 17.5 Å². The van der Waals surface area contributed by atoms with Gasteiger partial charge in [-0.3, -0.25) is 4.79 Å². The van der Waals surface area contributed by atoms with E-state index in [2.05, 4.69) is 20.6 Å². The normalized spacial score (nSPS) is 16.5. The van der Waals surface area contributed by atoms with Crippen molar-refractivity contribution in [3.05, 3.63) is 42.1 Å². The Hall–Kier alpha value is -2.67. The minimum absolute atomic E-state index is 0.0790. The molecule has 0 unspecified atom stereocenters. The molecular formula is C18H23N5O2. The second-order valence-electron chi connectivity index (χ2n) is 6.18. The topological polar surface area (TPSA) is 79.4 Å². The molecule has 1 amide bonds. The molecule has 3 rings (SSSR count). The van der Waals surface area contributed by atoms with Gasteiger partial charge in [0.15, 0.2) is 0 Å². The van der Waals surface area contributed by atoms with Gasteiger partial charge in [-0.25, -0.2) is 4.98 Å². The summed E-state index contributed by atoms with van der Waals surface area (Å²) in [6, 6.07) is 9.57. The number of carbonyl (C=O) groups excluding carboxylic acids is 1. The van der Waals surface area contributed by atoms with Crippen LogP contribution in [0.5, 0.6) is 0 Å². The average molecular weight is 341 g/mol. The molecule has 25 heavy (non-hydrogen) atoms. The number of hydrogen-bond acceptors (Lipinski definition) is 6. The number of rotatable bonds is 6. The maximum absolute atomic E-state index is 12.1. The lowest BCUT2D eigenvalue weighted by Crippen LogP contribution is -2.26. The fourth-order valence-corrected chi connectivity index (χ4v) is 2.63. The highest BCUT2D eigenvalue weighted by molar-refractivity contribution is 5.94. The number of anilines is 3. The number of carbonyl (C=O) groups is 1. The largest absolute Gasteiger partial charge is 0.368 e. The minimum Gasteiger partial charge on any atom is -0.368 e. The Bertz CT molecular complexity index is 729. The molecule has 7 heteroatoms. The molecule has 1 fully saturated rings. The Balaban J connectivity index is 1.60. The maximum atomic E-state index is 12.1. The molecular weight excluding hydrogens is 318 g/mol. The Morgan fingerprint density at radius 3 is 3.00 bits per heavy atom. The van der Waals surface area contributed by atoms with Crippen molar-refractivity contribution < 1.29 is 9.53 Å². The highest BCUT2D eigenvalue weighted by atomic mass is 16.5. The van der Waals surface area contributed by atoms with E-state index in [0.717, 1.165) is 29.9 Å².